The number of ether oxygens (including phenoxy) is 1. The summed E-state index contributed by atoms with van der Waals surface area (Å²) in [7, 11) is 0. The van der Waals surface area contributed by atoms with Crippen molar-refractivity contribution >= 4 is 46.5 Å². The van der Waals surface area contributed by atoms with Gasteiger partial charge in [-0.1, -0.05) is 41.4 Å². The topological polar surface area (TPSA) is 67.4 Å². The monoisotopic (exact) mass is 430 g/mol. The highest BCUT2D eigenvalue weighted by Gasteiger charge is 2.10. The maximum Gasteiger partial charge on any atom is 0.263 e. The van der Waals surface area contributed by atoms with Crippen LogP contribution in [0.25, 0.3) is 0 Å². The van der Waals surface area contributed by atoms with E-state index in [1.54, 1.807) is 6.07 Å². The van der Waals surface area contributed by atoms with E-state index in [0.717, 1.165) is 6.07 Å². The largest absolute Gasteiger partial charge is 0.484 e. The van der Waals surface area contributed by atoms with Crippen LogP contribution in [0.5, 0.6) is 5.75 Å². The van der Waals surface area contributed by atoms with Gasteiger partial charge in [0.1, 0.15) is 11.6 Å². The third-order valence-corrected chi connectivity index (χ3v) is 4.30. The summed E-state index contributed by atoms with van der Waals surface area (Å²) in [6.07, 6.45) is 0. The van der Waals surface area contributed by atoms with Gasteiger partial charge >= 0.3 is 0 Å². The highest BCUT2D eigenvalue weighted by atomic mass is 35.5. The number of hydrogen-bond acceptors (Lipinski definition) is 4. The molecule has 0 aromatic heterocycles. The Hall–Kier alpha value is -2.28. The molecule has 9 heteroatoms. The van der Waals surface area contributed by atoms with Gasteiger partial charge in [-0.2, -0.15) is 0 Å². The Morgan fingerprint density at radius 3 is 2.41 bits per heavy atom. The number of hydrogen-bond donors (Lipinski definition) is 2. The number of ketones is 1. The number of amides is 1. The van der Waals surface area contributed by atoms with Gasteiger partial charge in [-0.15, -0.1) is 0 Å². The van der Waals surface area contributed by atoms with Crippen LogP contribution in [-0.2, 0) is 4.79 Å². The second-order valence-corrected chi connectivity index (χ2v) is 6.52. The fourth-order valence-electron chi connectivity index (χ4n) is 1.92. The zero-order valence-corrected chi connectivity index (χ0v) is 16.1. The molecule has 2 N–H and O–H groups in total. The van der Waals surface area contributed by atoms with Crippen LogP contribution in [-0.4, -0.2) is 24.8 Å². The van der Waals surface area contributed by atoms with Gasteiger partial charge in [-0.25, -0.2) is 4.39 Å². The Labute approximate surface area is 170 Å². The number of rotatable bonds is 8. The lowest BCUT2D eigenvalue weighted by molar-refractivity contribution is -0.122. The maximum atomic E-state index is 13.3. The molecule has 142 valence electrons. The zero-order chi connectivity index (χ0) is 20.0. The molecule has 0 spiro atoms. The lowest BCUT2D eigenvalue weighted by Gasteiger charge is -2.12. The van der Waals surface area contributed by atoms with E-state index in [1.165, 1.54) is 24.3 Å². The Balaban J connectivity index is 1.77. The predicted octanol–water partition coefficient (Wildman–Crippen LogP) is 4.22. The van der Waals surface area contributed by atoms with Gasteiger partial charge in [-0.05, 0) is 30.3 Å². The summed E-state index contributed by atoms with van der Waals surface area (Å²) in [5, 5.41) is 5.66. The van der Waals surface area contributed by atoms with E-state index in [1.807, 2.05) is 0 Å². The van der Waals surface area contributed by atoms with E-state index in [4.69, 9.17) is 39.5 Å². The summed E-state index contributed by atoms with van der Waals surface area (Å²) in [4.78, 5) is 23.9. The summed E-state index contributed by atoms with van der Waals surface area (Å²) in [6, 6.07) is 8.33. The van der Waals surface area contributed by atoms with Crippen LogP contribution < -0.4 is 15.4 Å². The van der Waals surface area contributed by atoms with E-state index >= 15 is 0 Å². The normalized spacial score (nSPS) is 10.2. The minimum atomic E-state index is -0.651. The van der Waals surface area contributed by atoms with Crippen molar-refractivity contribution in [3.63, 3.8) is 0 Å². The van der Waals surface area contributed by atoms with Crippen molar-refractivity contribution in [2.24, 2.45) is 0 Å². The molecule has 0 aliphatic carbocycles. The van der Waals surface area contributed by atoms with Crippen LogP contribution in [0.2, 0.25) is 15.1 Å². The van der Waals surface area contributed by atoms with Crippen LogP contribution in [0, 0.1) is 5.82 Å². The zero-order valence-electron chi connectivity index (χ0n) is 13.8. The van der Waals surface area contributed by atoms with Crippen LogP contribution in [0.4, 0.5) is 4.39 Å². The van der Waals surface area contributed by atoms with Crippen molar-refractivity contribution in [3.8, 4) is 5.75 Å². The fraction of sp³-hybridized carbons (Fsp3) is 0.111. The molecule has 0 unspecified atom stereocenters. The molecule has 0 saturated heterocycles. The molecule has 0 aliphatic heterocycles. The lowest BCUT2D eigenvalue weighted by atomic mass is 10.1. The van der Waals surface area contributed by atoms with Gasteiger partial charge in [-0.3, -0.25) is 9.59 Å². The molecule has 0 fully saturated rings. The smallest absolute Gasteiger partial charge is 0.263 e. The number of nitrogens with one attached hydrogen (secondary N) is 2. The number of carbonyl (C=O) groups excluding carboxylic acids is 2. The first-order valence-corrected chi connectivity index (χ1v) is 8.68. The lowest BCUT2D eigenvalue weighted by Crippen LogP contribution is -2.36. The van der Waals surface area contributed by atoms with E-state index < -0.39 is 11.7 Å². The average Bonchev–Trinajstić information content (AvgIpc) is 2.63. The SMILES string of the molecule is C=C(NCC(=O)c1ccc(Cl)c(Cl)c1)NC(=O)COc1ccc(Cl)c(F)c1. The molecule has 1 amide bonds. The molecule has 0 radical (unpaired) electrons. The molecular formula is C18H14Cl3FN2O3. The van der Waals surface area contributed by atoms with Crippen molar-refractivity contribution in [3.05, 3.63) is 75.2 Å². The highest BCUT2D eigenvalue weighted by Crippen LogP contribution is 2.22. The Kier molecular flexibility index (Phi) is 7.47. The second-order valence-electron chi connectivity index (χ2n) is 5.30. The van der Waals surface area contributed by atoms with Crippen LogP contribution in [0.3, 0.4) is 0 Å². The van der Waals surface area contributed by atoms with Gasteiger partial charge in [0.2, 0.25) is 0 Å². The Morgan fingerprint density at radius 2 is 1.74 bits per heavy atom. The number of Topliss-reactive ketones (excluding diaryl/α,β-unsaturated/α-hetero) is 1. The molecule has 2 aromatic carbocycles. The minimum Gasteiger partial charge on any atom is -0.484 e. The first kappa shape index (κ1) is 21.0. The van der Waals surface area contributed by atoms with Gasteiger partial charge in [0, 0.05) is 11.6 Å². The molecule has 0 saturated carbocycles. The summed E-state index contributed by atoms with van der Waals surface area (Å²) in [6.45, 7) is 3.11. The van der Waals surface area contributed by atoms with Crippen LogP contribution >= 0.6 is 34.8 Å². The molecule has 0 aliphatic rings. The minimum absolute atomic E-state index is 0.0454. The summed E-state index contributed by atoms with van der Waals surface area (Å²) < 4.78 is 18.4. The number of benzene rings is 2. The van der Waals surface area contributed by atoms with Crippen molar-refractivity contribution < 1.29 is 18.7 Å². The van der Waals surface area contributed by atoms with E-state index in [0.29, 0.717) is 10.6 Å². The Bertz CT molecular complexity index is 890. The first-order chi connectivity index (χ1) is 12.8. The predicted molar refractivity (Wildman–Crippen MR) is 103 cm³/mol. The highest BCUT2D eigenvalue weighted by molar-refractivity contribution is 6.42. The molecular weight excluding hydrogens is 418 g/mol. The molecule has 0 atom stereocenters. The van der Waals surface area contributed by atoms with Crippen molar-refractivity contribution in [1.82, 2.24) is 10.6 Å². The molecule has 27 heavy (non-hydrogen) atoms. The van der Waals surface area contributed by atoms with Crippen LogP contribution in [0.1, 0.15) is 10.4 Å². The quantitative estimate of drug-likeness (QED) is 0.614. The second kappa shape index (κ2) is 9.60. The van der Waals surface area contributed by atoms with E-state index in [2.05, 4.69) is 17.2 Å². The molecule has 0 bridgehead atoms. The van der Waals surface area contributed by atoms with Crippen molar-refractivity contribution in [2.75, 3.05) is 13.2 Å². The fourth-order valence-corrected chi connectivity index (χ4v) is 2.34. The Morgan fingerprint density at radius 1 is 1.04 bits per heavy atom. The number of carbonyl (C=O) groups is 2. The van der Waals surface area contributed by atoms with Gasteiger partial charge in [0.25, 0.3) is 5.91 Å². The third kappa shape index (κ3) is 6.43. The van der Waals surface area contributed by atoms with Crippen LogP contribution in [0.15, 0.2) is 48.8 Å². The standard InChI is InChI=1S/C18H14Cl3FN2O3/c1-10(23-8-17(25)11-2-4-13(19)15(21)6-11)24-18(26)9-27-12-3-5-14(20)16(22)7-12/h2-7,23H,1,8-9H2,(H,24,26). The van der Waals surface area contributed by atoms with Crippen molar-refractivity contribution in [1.29, 1.82) is 0 Å². The summed E-state index contributed by atoms with van der Waals surface area (Å²) in [5.41, 5.74) is 0.365. The molecule has 2 aromatic rings. The summed E-state index contributed by atoms with van der Waals surface area (Å²) in [5.74, 6) is -1.19. The number of halogens is 4. The molecule has 2 rings (SSSR count). The molecule has 0 heterocycles. The van der Waals surface area contributed by atoms with Crippen molar-refractivity contribution in [2.45, 2.75) is 0 Å². The van der Waals surface area contributed by atoms with Gasteiger partial charge in [0.15, 0.2) is 12.4 Å². The third-order valence-electron chi connectivity index (χ3n) is 3.26. The van der Waals surface area contributed by atoms with E-state index in [-0.39, 0.29) is 40.6 Å². The first-order valence-electron chi connectivity index (χ1n) is 7.55. The molecule has 5 nitrogen and oxygen atoms in total. The van der Waals surface area contributed by atoms with E-state index in [9.17, 15) is 14.0 Å². The maximum absolute atomic E-state index is 13.3. The summed E-state index contributed by atoms with van der Waals surface area (Å²) >= 11 is 17.2. The van der Waals surface area contributed by atoms with Gasteiger partial charge < -0.3 is 15.4 Å². The van der Waals surface area contributed by atoms with Gasteiger partial charge in [0.05, 0.1) is 27.4 Å². The average molecular weight is 432 g/mol.